The van der Waals surface area contributed by atoms with E-state index in [1.54, 1.807) is 22.9 Å². The summed E-state index contributed by atoms with van der Waals surface area (Å²) in [6.45, 7) is 1.90. The fraction of sp³-hybridized carbons (Fsp3) is 0.0769. The first kappa shape index (κ1) is 12.3. The lowest BCUT2D eigenvalue weighted by atomic mass is 10.3. The lowest BCUT2D eigenvalue weighted by Gasteiger charge is -2.08. The van der Waals surface area contributed by atoms with Crippen LogP contribution in [0.4, 0.5) is 5.69 Å². The molecule has 92 valence electrons. The van der Waals surface area contributed by atoms with Crippen molar-refractivity contribution in [1.82, 2.24) is 9.78 Å². The molecule has 0 bridgehead atoms. The van der Waals surface area contributed by atoms with Gasteiger partial charge >= 0.3 is 0 Å². The Balaban J connectivity index is 2.36. The van der Waals surface area contributed by atoms with Crippen LogP contribution in [0, 0.1) is 29.6 Å². The maximum absolute atomic E-state index is 8.63. The van der Waals surface area contributed by atoms with E-state index in [2.05, 4.69) is 15.6 Å². The first-order valence-corrected chi connectivity index (χ1v) is 5.50. The van der Waals surface area contributed by atoms with Gasteiger partial charge in [0, 0.05) is 6.20 Å². The smallest absolute Gasteiger partial charge is 0.237 e. The third-order valence-electron chi connectivity index (χ3n) is 2.37. The summed E-state index contributed by atoms with van der Waals surface area (Å²) in [6.07, 6.45) is 1.83. The van der Waals surface area contributed by atoms with E-state index in [1.165, 1.54) is 0 Å². The van der Waals surface area contributed by atoms with Crippen LogP contribution in [-0.4, -0.2) is 15.5 Å². The van der Waals surface area contributed by atoms with Gasteiger partial charge in [-0.3, -0.25) is 5.43 Å². The van der Waals surface area contributed by atoms with Crippen molar-refractivity contribution >= 4 is 11.4 Å². The van der Waals surface area contributed by atoms with E-state index in [1.807, 2.05) is 37.4 Å². The maximum Gasteiger partial charge on any atom is 0.237 e. The quantitative estimate of drug-likeness (QED) is 0.666. The fourth-order valence-corrected chi connectivity index (χ4v) is 1.51. The van der Waals surface area contributed by atoms with Crippen LogP contribution in [0.1, 0.15) is 5.69 Å². The van der Waals surface area contributed by atoms with Crippen molar-refractivity contribution in [3.8, 4) is 17.8 Å². The summed E-state index contributed by atoms with van der Waals surface area (Å²) in [6, 6.07) is 12.6. The summed E-state index contributed by atoms with van der Waals surface area (Å²) in [5, 5.41) is 25.3. The molecule has 1 aromatic heterocycles. The van der Waals surface area contributed by atoms with Crippen LogP contribution in [-0.2, 0) is 0 Å². The lowest BCUT2D eigenvalue weighted by molar-refractivity contribution is 0.863. The van der Waals surface area contributed by atoms with Gasteiger partial charge in [0.25, 0.3) is 0 Å². The molecule has 6 heteroatoms. The van der Waals surface area contributed by atoms with Crippen LogP contribution in [0.5, 0.6) is 0 Å². The third kappa shape index (κ3) is 2.76. The summed E-state index contributed by atoms with van der Waals surface area (Å²) in [5.41, 5.74) is 4.82. The number of rotatable bonds is 3. The van der Waals surface area contributed by atoms with Crippen molar-refractivity contribution in [3.05, 3.63) is 42.2 Å². The molecule has 0 atom stereocenters. The van der Waals surface area contributed by atoms with Crippen LogP contribution < -0.4 is 5.43 Å². The lowest BCUT2D eigenvalue weighted by Crippen LogP contribution is -2.02. The van der Waals surface area contributed by atoms with Gasteiger partial charge in [-0.15, -0.1) is 0 Å². The molecule has 19 heavy (non-hydrogen) atoms. The minimum atomic E-state index is -0.230. The number of nitriles is 2. The second kappa shape index (κ2) is 5.48. The molecule has 6 nitrogen and oxygen atoms in total. The fourth-order valence-electron chi connectivity index (χ4n) is 1.51. The van der Waals surface area contributed by atoms with Gasteiger partial charge in [0.1, 0.15) is 12.1 Å². The van der Waals surface area contributed by atoms with Gasteiger partial charge in [-0.2, -0.15) is 20.7 Å². The summed E-state index contributed by atoms with van der Waals surface area (Å²) < 4.78 is 1.70. The molecule has 1 N–H and O–H groups in total. The maximum atomic E-state index is 8.63. The molecule has 1 aromatic carbocycles. The highest BCUT2D eigenvalue weighted by molar-refractivity contribution is 6.10. The van der Waals surface area contributed by atoms with E-state index in [0.29, 0.717) is 5.69 Å². The average Bonchev–Trinajstić information content (AvgIpc) is 2.87. The molecule has 0 amide bonds. The number of nitrogens with one attached hydrogen (secondary N) is 1. The van der Waals surface area contributed by atoms with E-state index in [4.69, 9.17) is 10.5 Å². The van der Waals surface area contributed by atoms with Crippen molar-refractivity contribution in [2.45, 2.75) is 6.92 Å². The second-order valence-corrected chi connectivity index (χ2v) is 3.71. The van der Waals surface area contributed by atoms with Crippen molar-refractivity contribution in [2.24, 2.45) is 5.10 Å². The predicted molar refractivity (Wildman–Crippen MR) is 70.6 cm³/mol. The number of anilines is 1. The molecule has 0 unspecified atom stereocenters. The Morgan fingerprint density at radius 3 is 2.63 bits per heavy atom. The van der Waals surface area contributed by atoms with Crippen LogP contribution in [0.2, 0.25) is 0 Å². The zero-order chi connectivity index (χ0) is 13.7. The first-order chi connectivity index (χ1) is 9.24. The zero-order valence-corrected chi connectivity index (χ0v) is 10.2. The van der Waals surface area contributed by atoms with Gasteiger partial charge in [0.2, 0.25) is 5.71 Å². The molecule has 1 heterocycles. The summed E-state index contributed by atoms with van der Waals surface area (Å²) in [5.74, 6) is 0. The molecular formula is C13H10N6. The summed E-state index contributed by atoms with van der Waals surface area (Å²) >= 11 is 0. The van der Waals surface area contributed by atoms with Gasteiger partial charge in [0.15, 0.2) is 0 Å². The van der Waals surface area contributed by atoms with E-state index in [0.717, 1.165) is 11.4 Å². The Bertz CT molecular complexity index is 682. The Labute approximate surface area is 110 Å². The van der Waals surface area contributed by atoms with Gasteiger partial charge in [-0.25, -0.2) is 4.68 Å². The highest BCUT2D eigenvalue weighted by atomic mass is 15.3. The number of benzene rings is 1. The number of nitrogens with zero attached hydrogens (tertiary/aromatic N) is 5. The molecule has 0 saturated heterocycles. The van der Waals surface area contributed by atoms with Gasteiger partial charge in [0.05, 0.1) is 17.1 Å². The summed E-state index contributed by atoms with van der Waals surface area (Å²) in [4.78, 5) is 0. The normalized spacial score (nSPS) is 9.21. The topological polar surface area (TPSA) is 89.8 Å². The van der Waals surface area contributed by atoms with Crippen molar-refractivity contribution in [2.75, 3.05) is 5.43 Å². The van der Waals surface area contributed by atoms with Crippen molar-refractivity contribution < 1.29 is 0 Å². The SMILES string of the molecule is Cc1ccn(-c2ccccc2NN=C(C#N)C#N)n1. The molecule has 0 aliphatic heterocycles. The molecule has 2 rings (SSSR count). The van der Waals surface area contributed by atoms with Crippen LogP contribution in [0.15, 0.2) is 41.6 Å². The number of hydrogen-bond acceptors (Lipinski definition) is 5. The largest absolute Gasteiger partial charge is 0.274 e. The monoisotopic (exact) mass is 250 g/mol. The molecular weight excluding hydrogens is 240 g/mol. The minimum absolute atomic E-state index is 0.230. The Hall–Kier alpha value is -3.12. The van der Waals surface area contributed by atoms with Gasteiger partial charge in [-0.05, 0) is 25.1 Å². The molecule has 0 fully saturated rings. The Morgan fingerprint density at radius 2 is 2.00 bits per heavy atom. The van der Waals surface area contributed by atoms with E-state index in [9.17, 15) is 0 Å². The zero-order valence-electron chi connectivity index (χ0n) is 10.2. The third-order valence-corrected chi connectivity index (χ3v) is 2.37. The van der Waals surface area contributed by atoms with E-state index >= 15 is 0 Å². The molecule has 2 aromatic rings. The summed E-state index contributed by atoms with van der Waals surface area (Å²) in [7, 11) is 0. The number of hydrogen-bond donors (Lipinski definition) is 1. The van der Waals surface area contributed by atoms with E-state index in [-0.39, 0.29) is 5.71 Å². The first-order valence-electron chi connectivity index (χ1n) is 5.50. The molecule has 0 spiro atoms. The van der Waals surface area contributed by atoms with Crippen LogP contribution in [0.3, 0.4) is 0 Å². The molecule has 0 aliphatic carbocycles. The van der Waals surface area contributed by atoms with E-state index < -0.39 is 0 Å². The standard InChI is InChI=1S/C13H10N6/c1-10-6-7-19(18-10)13-5-3-2-4-12(13)17-16-11(8-14)9-15/h2-7,17H,1H3. The minimum Gasteiger partial charge on any atom is -0.274 e. The number of para-hydroxylation sites is 2. The van der Waals surface area contributed by atoms with Gasteiger partial charge in [-0.1, -0.05) is 12.1 Å². The Kier molecular flexibility index (Phi) is 3.56. The number of hydrazone groups is 1. The number of aryl methyl sites for hydroxylation is 1. The van der Waals surface area contributed by atoms with Crippen molar-refractivity contribution in [3.63, 3.8) is 0 Å². The highest BCUT2D eigenvalue weighted by Gasteiger charge is 2.04. The second-order valence-electron chi connectivity index (χ2n) is 3.71. The predicted octanol–water partition coefficient (Wildman–Crippen LogP) is 2.00. The van der Waals surface area contributed by atoms with Crippen molar-refractivity contribution in [1.29, 1.82) is 10.5 Å². The van der Waals surface area contributed by atoms with Crippen LogP contribution >= 0.6 is 0 Å². The Morgan fingerprint density at radius 1 is 1.26 bits per heavy atom. The molecule has 0 saturated carbocycles. The number of aromatic nitrogens is 2. The average molecular weight is 250 g/mol. The van der Waals surface area contributed by atoms with Gasteiger partial charge < -0.3 is 0 Å². The molecule has 0 aliphatic rings. The highest BCUT2D eigenvalue weighted by Crippen LogP contribution is 2.19. The van der Waals surface area contributed by atoms with Crippen LogP contribution in [0.25, 0.3) is 5.69 Å². The molecule has 0 radical (unpaired) electrons.